The molecule has 4 rings (SSSR count). The summed E-state index contributed by atoms with van der Waals surface area (Å²) in [7, 11) is 0. The largest absolute Gasteiger partial charge is 0.478 e. The first-order valence-electron chi connectivity index (χ1n) is 13.3. The van der Waals surface area contributed by atoms with E-state index < -0.39 is 5.97 Å². The first-order valence-corrected chi connectivity index (χ1v) is 13.3. The number of carboxylic acids is 1. The number of amides is 1. The fraction of sp³-hybridized carbons (Fsp3) is 0.200. The van der Waals surface area contributed by atoms with E-state index in [2.05, 4.69) is 33.0 Å². The van der Waals surface area contributed by atoms with Crippen LogP contribution in [0, 0.1) is 12.7 Å². The summed E-state index contributed by atoms with van der Waals surface area (Å²) in [4.78, 5) is 23.5. The summed E-state index contributed by atoms with van der Waals surface area (Å²) in [6.07, 6.45) is 0.987. The monoisotopic (exact) mass is 537 g/mol. The lowest BCUT2D eigenvalue weighted by atomic mass is 9.96. The van der Waals surface area contributed by atoms with Crippen LogP contribution < -0.4 is 5.32 Å². The van der Waals surface area contributed by atoms with Gasteiger partial charge in [0.1, 0.15) is 5.82 Å². The molecule has 5 heteroatoms. The van der Waals surface area contributed by atoms with Crippen molar-refractivity contribution in [3.63, 3.8) is 0 Å². The molecule has 0 fully saturated rings. The Balaban J connectivity index is 0.000000230. The number of nitrogens with one attached hydrogen (secondary N) is 1. The smallest absolute Gasteiger partial charge is 0.336 e. The Kier molecular flexibility index (Phi) is 10.5. The molecule has 206 valence electrons. The molecule has 0 atom stereocenters. The van der Waals surface area contributed by atoms with E-state index in [0.717, 1.165) is 34.2 Å². The van der Waals surface area contributed by atoms with Crippen LogP contribution in [0.25, 0.3) is 16.7 Å². The molecule has 0 saturated heterocycles. The van der Waals surface area contributed by atoms with Crippen molar-refractivity contribution in [3.05, 3.63) is 136 Å². The predicted octanol–water partition coefficient (Wildman–Crippen LogP) is 8.49. The first kappa shape index (κ1) is 30.0. The highest BCUT2D eigenvalue weighted by atomic mass is 19.1. The van der Waals surface area contributed by atoms with Gasteiger partial charge in [-0.3, -0.25) is 4.79 Å². The van der Waals surface area contributed by atoms with Gasteiger partial charge < -0.3 is 10.4 Å². The van der Waals surface area contributed by atoms with Gasteiger partial charge in [-0.1, -0.05) is 73.2 Å². The third-order valence-corrected chi connectivity index (χ3v) is 6.85. The van der Waals surface area contributed by atoms with Gasteiger partial charge in [-0.05, 0) is 103 Å². The van der Waals surface area contributed by atoms with Crippen LogP contribution in [0.4, 0.5) is 4.39 Å². The fourth-order valence-corrected chi connectivity index (χ4v) is 4.16. The molecule has 0 bridgehead atoms. The van der Waals surface area contributed by atoms with Crippen molar-refractivity contribution in [2.75, 3.05) is 0 Å². The van der Waals surface area contributed by atoms with Crippen molar-refractivity contribution >= 4 is 17.4 Å². The van der Waals surface area contributed by atoms with Gasteiger partial charge in [-0.15, -0.1) is 0 Å². The number of hydrogen-bond acceptors (Lipinski definition) is 2. The Bertz CT molecular complexity index is 1500. The Labute approximate surface area is 236 Å². The normalized spacial score (nSPS) is 10.2. The number of allylic oxidation sites excluding steroid dienone is 2. The molecule has 4 aromatic rings. The zero-order chi connectivity index (χ0) is 29.2. The molecule has 4 nitrogen and oxygen atoms in total. The molecule has 0 unspecified atom stereocenters. The Morgan fingerprint density at radius 3 is 2.02 bits per heavy atom. The molecule has 0 spiro atoms. The van der Waals surface area contributed by atoms with Crippen molar-refractivity contribution < 1.29 is 19.1 Å². The van der Waals surface area contributed by atoms with E-state index in [4.69, 9.17) is 5.11 Å². The average Bonchev–Trinajstić information content (AvgIpc) is 2.97. The van der Waals surface area contributed by atoms with Gasteiger partial charge in [-0.2, -0.15) is 0 Å². The van der Waals surface area contributed by atoms with Crippen molar-refractivity contribution in [2.45, 2.75) is 47.6 Å². The number of carboxylic acid groups (broad SMARTS) is 1. The van der Waals surface area contributed by atoms with E-state index in [9.17, 15) is 14.0 Å². The lowest BCUT2D eigenvalue weighted by molar-refractivity contribution is 0.0697. The molecule has 0 aromatic heterocycles. The summed E-state index contributed by atoms with van der Waals surface area (Å²) in [5.41, 5.74) is 9.48. The van der Waals surface area contributed by atoms with Crippen LogP contribution in [-0.2, 0) is 13.0 Å². The topological polar surface area (TPSA) is 66.4 Å². The Morgan fingerprint density at radius 1 is 0.800 bits per heavy atom. The minimum Gasteiger partial charge on any atom is -0.478 e. The molecule has 4 aromatic carbocycles. The zero-order valence-electron chi connectivity index (χ0n) is 23.7. The van der Waals surface area contributed by atoms with Crippen molar-refractivity contribution in [1.29, 1.82) is 0 Å². The second-order valence-electron chi connectivity index (χ2n) is 9.87. The maximum atomic E-state index is 12.9. The number of carbonyl (C=O) groups is 2. The second-order valence-corrected chi connectivity index (χ2v) is 9.87. The van der Waals surface area contributed by atoms with Crippen LogP contribution in [0.15, 0.2) is 96.6 Å². The van der Waals surface area contributed by atoms with Crippen LogP contribution in [0.2, 0.25) is 0 Å². The number of benzene rings is 4. The zero-order valence-corrected chi connectivity index (χ0v) is 23.7. The summed E-state index contributed by atoms with van der Waals surface area (Å²) in [5.74, 6) is -1.29. The highest BCUT2D eigenvalue weighted by Crippen LogP contribution is 2.25. The van der Waals surface area contributed by atoms with Crippen molar-refractivity contribution in [2.24, 2.45) is 0 Å². The van der Waals surface area contributed by atoms with Crippen LogP contribution >= 0.6 is 0 Å². The van der Waals surface area contributed by atoms with E-state index in [-0.39, 0.29) is 11.7 Å². The lowest BCUT2D eigenvalue weighted by Crippen LogP contribution is -2.23. The number of halogens is 1. The molecule has 40 heavy (non-hydrogen) atoms. The van der Waals surface area contributed by atoms with Crippen molar-refractivity contribution in [3.8, 4) is 11.1 Å². The summed E-state index contributed by atoms with van der Waals surface area (Å²) in [6, 6.07) is 26.9. The third kappa shape index (κ3) is 8.00. The van der Waals surface area contributed by atoms with Gasteiger partial charge in [-0.25, -0.2) is 9.18 Å². The molecule has 0 aliphatic carbocycles. The maximum Gasteiger partial charge on any atom is 0.336 e. The minimum absolute atomic E-state index is 0.128. The third-order valence-electron chi connectivity index (χ3n) is 6.85. The molecule has 0 radical (unpaired) electrons. The highest BCUT2D eigenvalue weighted by molar-refractivity contribution is 5.96. The van der Waals surface area contributed by atoms with E-state index >= 15 is 0 Å². The van der Waals surface area contributed by atoms with Crippen LogP contribution in [-0.4, -0.2) is 17.0 Å². The standard InChI is InChI=1S/C20H22FNO.C15H14O2/c1-13(2)15(4)19-11-17(8-5-14(19)3)20(23)22-12-16-6-9-18(21)10-7-16;1-2-11-7-9-12(10-8-11)13-5-3-4-6-14(13)15(16)17/h5-11H,12H2,1-4H3,(H,22,23);3-10H,2H2,1H3,(H,16,17). The summed E-state index contributed by atoms with van der Waals surface area (Å²) < 4.78 is 12.9. The van der Waals surface area contributed by atoms with Crippen LogP contribution in [0.1, 0.15) is 70.7 Å². The van der Waals surface area contributed by atoms with E-state index in [1.54, 1.807) is 24.3 Å². The number of aryl methyl sites for hydroxylation is 2. The van der Waals surface area contributed by atoms with Crippen molar-refractivity contribution in [1.82, 2.24) is 5.32 Å². The lowest BCUT2D eigenvalue weighted by Gasteiger charge is -2.11. The van der Waals surface area contributed by atoms with E-state index in [0.29, 0.717) is 17.7 Å². The minimum atomic E-state index is -0.889. The van der Waals surface area contributed by atoms with Gasteiger partial charge in [0.05, 0.1) is 5.56 Å². The molecule has 1 amide bonds. The molecule has 2 N–H and O–H groups in total. The maximum absolute atomic E-state index is 12.9. The fourth-order valence-electron chi connectivity index (χ4n) is 4.16. The molecular weight excluding hydrogens is 501 g/mol. The predicted molar refractivity (Wildman–Crippen MR) is 161 cm³/mol. The summed E-state index contributed by atoms with van der Waals surface area (Å²) >= 11 is 0. The SMILES string of the molecule is CC(C)=C(C)c1cc(C(=O)NCc2ccc(F)cc2)ccc1C.CCc1ccc(-c2ccccc2C(=O)O)cc1. The summed E-state index contributed by atoms with van der Waals surface area (Å²) in [5, 5.41) is 12.0. The van der Waals surface area contributed by atoms with Gasteiger partial charge >= 0.3 is 5.97 Å². The average molecular weight is 538 g/mol. The number of carbonyl (C=O) groups excluding carboxylic acids is 1. The van der Waals surface area contributed by atoms with Gasteiger partial charge in [0.15, 0.2) is 0 Å². The quantitative estimate of drug-likeness (QED) is 0.248. The number of hydrogen-bond donors (Lipinski definition) is 2. The molecule has 0 heterocycles. The van der Waals surface area contributed by atoms with Crippen LogP contribution in [0.3, 0.4) is 0 Å². The molecule has 0 saturated carbocycles. The Hall–Kier alpha value is -4.51. The van der Waals surface area contributed by atoms with Gasteiger partial charge in [0.2, 0.25) is 0 Å². The molecular formula is C35H36FNO3. The van der Waals surface area contributed by atoms with Gasteiger partial charge in [0.25, 0.3) is 5.91 Å². The molecule has 0 aliphatic rings. The summed E-state index contributed by atoms with van der Waals surface area (Å²) in [6.45, 7) is 10.7. The highest BCUT2D eigenvalue weighted by Gasteiger charge is 2.11. The van der Waals surface area contributed by atoms with Gasteiger partial charge in [0, 0.05) is 12.1 Å². The number of rotatable bonds is 7. The number of aromatic carboxylic acids is 1. The van der Waals surface area contributed by atoms with Crippen LogP contribution in [0.5, 0.6) is 0 Å². The first-order chi connectivity index (χ1) is 19.1. The van der Waals surface area contributed by atoms with E-state index in [1.807, 2.05) is 61.5 Å². The Morgan fingerprint density at radius 2 is 1.43 bits per heavy atom. The molecule has 0 aliphatic heterocycles. The second kappa shape index (κ2) is 14.0. The van der Waals surface area contributed by atoms with E-state index in [1.165, 1.54) is 28.8 Å².